The first-order valence-electron chi connectivity index (χ1n) is 16.0. The average Bonchev–Trinajstić information content (AvgIpc) is 3.70. The number of nitrogens with zero attached hydrogens (tertiary/aromatic N) is 1. The van der Waals surface area contributed by atoms with Crippen molar-refractivity contribution in [2.45, 2.75) is 37.5 Å². The molecule has 0 aliphatic heterocycles. The molecule has 1 spiro atoms. The quantitative estimate of drug-likeness (QED) is 0.191. The van der Waals surface area contributed by atoms with Gasteiger partial charge in [-0.15, -0.1) is 11.3 Å². The number of para-hydroxylation sites is 2. The zero-order chi connectivity index (χ0) is 28.8. The molecule has 0 amide bonds. The number of hydrogen-bond acceptors (Lipinski definition) is 1. The lowest BCUT2D eigenvalue weighted by molar-refractivity contribution is 0.353. The summed E-state index contributed by atoms with van der Waals surface area (Å²) in [5.41, 5.74) is 12.5. The molecule has 2 aliphatic rings. The third kappa shape index (κ3) is 3.35. The van der Waals surface area contributed by atoms with E-state index in [4.69, 9.17) is 0 Å². The van der Waals surface area contributed by atoms with Gasteiger partial charge in [0.05, 0.1) is 11.0 Å². The molecule has 0 radical (unpaired) electrons. The standard InChI is InChI=1S/C42H31NS/c1-3-11-29(12-4-1)43-38-16-8-6-14-31(38)34-23-27(18-20-39(34)43)28-17-19-32-35-25-37-33(26-41(35)44-40(32)24-28)30-13-5-7-15-36(30)42(37)21-9-2-10-22-42/h1,3-8,11-20,23-26H,2,9-10,21-22H2. The van der Waals surface area contributed by atoms with E-state index in [1.807, 2.05) is 11.3 Å². The van der Waals surface area contributed by atoms with Gasteiger partial charge in [0.15, 0.2) is 0 Å². The van der Waals surface area contributed by atoms with Crippen molar-refractivity contribution in [3.63, 3.8) is 0 Å². The summed E-state index contributed by atoms with van der Waals surface area (Å²) in [6, 6.07) is 48.0. The minimum absolute atomic E-state index is 0.195. The van der Waals surface area contributed by atoms with Gasteiger partial charge in [-0.25, -0.2) is 0 Å². The van der Waals surface area contributed by atoms with Crippen molar-refractivity contribution < 1.29 is 0 Å². The molecule has 1 fully saturated rings. The minimum Gasteiger partial charge on any atom is -0.309 e. The van der Waals surface area contributed by atoms with Crippen LogP contribution in [0.15, 0.2) is 127 Å². The van der Waals surface area contributed by atoms with Gasteiger partial charge in [-0.2, -0.15) is 0 Å². The maximum Gasteiger partial charge on any atom is 0.0541 e. The van der Waals surface area contributed by atoms with Crippen LogP contribution in [0.25, 0.3) is 69.9 Å². The molecular formula is C42H31NS. The van der Waals surface area contributed by atoms with Crippen molar-refractivity contribution in [1.29, 1.82) is 0 Å². The number of thiophene rings is 1. The Morgan fingerprint density at radius 1 is 0.477 bits per heavy atom. The van der Waals surface area contributed by atoms with E-state index in [1.165, 1.54) is 102 Å². The number of aromatic nitrogens is 1. The average molecular weight is 582 g/mol. The van der Waals surface area contributed by atoms with Gasteiger partial charge < -0.3 is 4.57 Å². The highest BCUT2D eigenvalue weighted by Crippen LogP contribution is 2.57. The molecule has 2 heterocycles. The Balaban J connectivity index is 1.14. The summed E-state index contributed by atoms with van der Waals surface area (Å²) in [7, 11) is 0. The molecule has 0 bridgehead atoms. The fourth-order valence-corrected chi connectivity index (χ4v) is 9.77. The molecule has 1 nitrogen and oxygen atoms in total. The Bertz CT molecular complexity index is 2420. The largest absolute Gasteiger partial charge is 0.309 e. The van der Waals surface area contributed by atoms with E-state index < -0.39 is 0 Å². The highest BCUT2D eigenvalue weighted by Gasteiger charge is 2.43. The lowest BCUT2D eigenvalue weighted by Gasteiger charge is -2.36. The first-order chi connectivity index (χ1) is 21.8. The van der Waals surface area contributed by atoms with Gasteiger partial charge in [0, 0.05) is 42.0 Å². The second-order valence-corrected chi connectivity index (χ2v) is 13.9. The minimum atomic E-state index is 0.195. The zero-order valence-corrected chi connectivity index (χ0v) is 25.3. The monoisotopic (exact) mass is 581 g/mol. The molecule has 8 aromatic rings. The molecule has 0 unspecified atom stereocenters. The summed E-state index contributed by atoms with van der Waals surface area (Å²) in [6.07, 6.45) is 6.57. The van der Waals surface area contributed by atoms with E-state index >= 15 is 0 Å². The Labute approximate surface area is 261 Å². The van der Waals surface area contributed by atoms with Gasteiger partial charge in [-0.05, 0) is 94.8 Å². The Kier molecular flexibility index (Phi) is 5.16. The summed E-state index contributed by atoms with van der Waals surface area (Å²) < 4.78 is 5.17. The molecule has 44 heavy (non-hydrogen) atoms. The number of rotatable bonds is 2. The molecule has 1 saturated carbocycles. The highest BCUT2D eigenvalue weighted by molar-refractivity contribution is 7.25. The van der Waals surface area contributed by atoms with E-state index in [1.54, 1.807) is 11.1 Å². The molecular weight excluding hydrogens is 551 g/mol. The predicted octanol–water partition coefficient (Wildman–Crippen LogP) is 12.0. The predicted molar refractivity (Wildman–Crippen MR) is 188 cm³/mol. The highest BCUT2D eigenvalue weighted by atomic mass is 32.1. The maximum absolute atomic E-state index is 2.58. The number of hydrogen-bond donors (Lipinski definition) is 0. The van der Waals surface area contributed by atoms with Crippen molar-refractivity contribution in [1.82, 2.24) is 4.57 Å². The van der Waals surface area contributed by atoms with Crippen molar-refractivity contribution >= 4 is 53.3 Å². The summed E-state index contributed by atoms with van der Waals surface area (Å²) >= 11 is 1.95. The van der Waals surface area contributed by atoms with Crippen LogP contribution in [-0.4, -0.2) is 4.57 Å². The van der Waals surface area contributed by atoms with E-state index in [2.05, 4.69) is 132 Å². The SMILES string of the molecule is c1ccc(-n2c3ccccc3c3cc(-c4ccc5c(c4)sc4cc6c(cc45)C4(CCCCC4)c4ccccc4-6)ccc32)cc1. The van der Waals surface area contributed by atoms with Crippen molar-refractivity contribution in [3.05, 3.63) is 139 Å². The maximum atomic E-state index is 2.58. The molecule has 2 aliphatic carbocycles. The smallest absolute Gasteiger partial charge is 0.0541 e. The van der Waals surface area contributed by atoms with Crippen LogP contribution >= 0.6 is 11.3 Å². The zero-order valence-electron chi connectivity index (χ0n) is 24.5. The molecule has 6 aromatic carbocycles. The molecule has 0 N–H and O–H groups in total. The van der Waals surface area contributed by atoms with Crippen LogP contribution in [0.4, 0.5) is 0 Å². The van der Waals surface area contributed by atoms with E-state index in [-0.39, 0.29) is 5.41 Å². The second kappa shape index (κ2) is 9.17. The Morgan fingerprint density at radius 2 is 1.20 bits per heavy atom. The molecule has 2 aromatic heterocycles. The van der Waals surface area contributed by atoms with Crippen LogP contribution in [0.3, 0.4) is 0 Å². The summed E-state index contributed by atoms with van der Waals surface area (Å²) in [4.78, 5) is 0. The lowest BCUT2D eigenvalue weighted by atomic mass is 9.68. The van der Waals surface area contributed by atoms with Crippen LogP contribution in [0.5, 0.6) is 0 Å². The van der Waals surface area contributed by atoms with Crippen molar-refractivity contribution in [2.75, 3.05) is 0 Å². The van der Waals surface area contributed by atoms with Gasteiger partial charge in [0.1, 0.15) is 0 Å². The first-order valence-corrected chi connectivity index (χ1v) is 16.8. The summed E-state index contributed by atoms with van der Waals surface area (Å²) in [5, 5.41) is 5.41. The van der Waals surface area contributed by atoms with Crippen LogP contribution < -0.4 is 0 Å². The first kappa shape index (κ1) is 24.7. The van der Waals surface area contributed by atoms with Gasteiger partial charge in [-0.1, -0.05) is 98.1 Å². The van der Waals surface area contributed by atoms with Crippen LogP contribution in [0.2, 0.25) is 0 Å². The van der Waals surface area contributed by atoms with Gasteiger partial charge in [0.2, 0.25) is 0 Å². The third-order valence-electron chi connectivity index (χ3n) is 10.6. The molecule has 2 heteroatoms. The summed E-state index contributed by atoms with van der Waals surface area (Å²) in [6.45, 7) is 0. The second-order valence-electron chi connectivity index (χ2n) is 12.8. The number of benzene rings is 6. The van der Waals surface area contributed by atoms with E-state index in [9.17, 15) is 0 Å². The van der Waals surface area contributed by atoms with Crippen LogP contribution in [-0.2, 0) is 5.41 Å². The molecule has 0 atom stereocenters. The topological polar surface area (TPSA) is 4.93 Å². The van der Waals surface area contributed by atoms with Crippen LogP contribution in [0.1, 0.15) is 43.2 Å². The van der Waals surface area contributed by atoms with Gasteiger partial charge >= 0.3 is 0 Å². The molecule has 0 saturated heterocycles. The summed E-state index contributed by atoms with van der Waals surface area (Å²) in [5.74, 6) is 0. The van der Waals surface area contributed by atoms with Gasteiger partial charge in [0.25, 0.3) is 0 Å². The van der Waals surface area contributed by atoms with E-state index in [0.29, 0.717) is 0 Å². The lowest BCUT2D eigenvalue weighted by Crippen LogP contribution is -2.27. The van der Waals surface area contributed by atoms with Crippen molar-refractivity contribution in [3.8, 4) is 27.9 Å². The van der Waals surface area contributed by atoms with Crippen LogP contribution in [0, 0.1) is 0 Å². The van der Waals surface area contributed by atoms with E-state index in [0.717, 1.165) is 0 Å². The Hall–Kier alpha value is -4.66. The normalized spacial score (nSPS) is 15.5. The number of fused-ring (bicyclic) bond motifs is 11. The Morgan fingerprint density at radius 3 is 2.11 bits per heavy atom. The fourth-order valence-electron chi connectivity index (χ4n) is 8.60. The molecule has 210 valence electrons. The van der Waals surface area contributed by atoms with Crippen molar-refractivity contribution in [2.24, 2.45) is 0 Å². The third-order valence-corrected chi connectivity index (χ3v) is 11.7. The fraction of sp³-hybridized carbons (Fsp3) is 0.143. The molecule has 10 rings (SSSR count). The van der Waals surface area contributed by atoms with Gasteiger partial charge in [-0.3, -0.25) is 0 Å².